The van der Waals surface area contributed by atoms with Crippen LogP contribution in [0.25, 0.3) is 22.0 Å². The molecule has 0 unspecified atom stereocenters. The number of anilines is 1. The number of nitrogens with one attached hydrogen (secondary N) is 3. The largest absolute Gasteiger partial charge is 0.444 e. The molecule has 2 heterocycles. The summed E-state index contributed by atoms with van der Waals surface area (Å²) in [7, 11) is 0. The molecule has 8 nitrogen and oxygen atoms in total. The van der Waals surface area contributed by atoms with Gasteiger partial charge in [0.05, 0.1) is 10.9 Å². The van der Waals surface area contributed by atoms with Crippen molar-refractivity contribution in [2.45, 2.75) is 38.3 Å². The minimum absolute atomic E-state index is 0.184. The predicted octanol–water partition coefficient (Wildman–Crippen LogP) is 6.39. The van der Waals surface area contributed by atoms with Crippen LogP contribution in [-0.2, 0) is 9.53 Å². The second kappa shape index (κ2) is 12.3. The first kappa shape index (κ1) is 29.2. The molecule has 9 heteroatoms. The predicted molar refractivity (Wildman–Crippen MR) is 164 cm³/mol. The first-order chi connectivity index (χ1) is 20.6. The normalized spacial score (nSPS) is 12.1. The molecule has 2 aromatic heterocycles. The highest BCUT2D eigenvalue weighted by atomic mass is 19.1. The molecule has 0 saturated heterocycles. The molecule has 5 aromatic rings. The highest BCUT2D eigenvalue weighted by Gasteiger charge is 2.34. The Morgan fingerprint density at radius 1 is 0.884 bits per heavy atom. The number of benzene rings is 3. The van der Waals surface area contributed by atoms with Gasteiger partial charge in [0.1, 0.15) is 17.5 Å². The minimum atomic E-state index is -1.12. The van der Waals surface area contributed by atoms with E-state index < -0.39 is 35.4 Å². The molecular weight excluding hydrogens is 547 g/mol. The zero-order chi connectivity index (χ0) is 30.6. The lowest BCUT2D eigenvalue weighted by Crippen LogP contribution is -2.49. The molecule has 5 rings (SSSR count). The molecule has 43 heavy (non-hydrogen) atoms. The van der Waals surface area contributed by atoms with Crippen LogP contribution in [0.15, 0.2) is 108 Å². The minimum Gasteiger partial charge on any atom is -0.444 e. The Morgan fingerprint density at radius 2 is 1.53 bits per heavy atom. The Balaban J connectivity index is 1.50. The molecule has 218 valence electrons. The van der Waals surface area contributed by atoms with Gasteiger partial charge in [-0.1, -0.05) is 60.7 Å². The number of hydrogen-bond donors (Lipinski definition) is 3. The van der Waals surface area contributed by atoms with Gasteiger partial charge in [-0.05, 0) is 62.2 Å². The van der Waals surface area contributed by atoms with Crippen LogP contribution in [0, 0.1) is 5.82 Å². The summed E-state index contributed by atoms with van der Waals surface area (Å²) in [6.07, 6.45) is 2.19. The van der Waals surface area contributed by atoms with Crippen LogP contribution in [-0.4, -0.2) is 33.6 Å². The lowest BCUT2D eigenvalue weighted by atomic mass is 9.84. The maximum atomic E-state index is 15.5. The Hall–Kier alpha value is -5.31. The number of fused-ring (bicyclic) bond motifs is 1. The van der Waals surface area contributed by atoms with Gasteiger partial charge < -0.3 is 20.4 Å². The summed E-state index contributed by atoms with van der Waals surface area (Å²) in [6, 6.07) is 25.1. The van der Waals surface area contributed by atoms with Crippen molar-refractivity contribution in [2.24, 2.45) is 0 Å². The van der Waals surface area contributed by atoms with Crippen LogP contribution < -0.4 is 16.2 Å². The number of alkyl carbamates (subject to hydrolysis) is 1. The summed E-state index contributed by atoms with van der Waals surface area (Å²) in [6.45, 7) is 5.21. The Morgan fingerprint density at radius 3 is 2.14 bits per heavy atom. The average molecular weight is 579 g/mol. The number of carbonyl (C=O) groups excluding carboxylic acids is 2. The fourth-order valence-corrected chi connectivity index (χ4v) is 4.96. The van der Waals surface area contributed by atoms with E-state index in [0.29, 0.717) is 16.5 Å². The number of aromatic nitrogens is 2. The number of pyridine rings is 2. The fourth-order valence-electron chi connectivity index (χ4n) is 4.96. The van der Waals surface area contributed by atoms with Crippen molar-refractivity contribution < 1.29 is 18.7 Å². The molecule has 0 aliphatic rings. The van der Waals surface area contributed by atoms with E-state index in [1.807, 2.05) is 60.7 Å². The lowest BCUT2D eigenvalue weighted by molar-refractivity contribution is -0.118. The van der Waals surface area contributed by atoms with E-state index >= 15 is 4.39 Å². The molecular formula is C34H31FN4O4. The van der Waals surface area contributed by atoms with Gasteiger partial charge in [0.25, 0.3) is 5.56 Å². The third-order valence-electron chi connectivity index (χ3n) is 6.79. The summed E-state index contributed by atoms with van der Waals surface area (Å²) in [4.78, 5) is 46.0. The number of ether oxygens (including phenoxy) is 1. The monoisotopic (exact) mass is 578 g/mol. The number of rotatable bonds is 7. The van der Waals surface area contributed by atoms with Gasteiger partial charge in [0, 0.05) is 35.1 Å². The maximum absolute atomic E-state index is 15.5. The molecule has 0 spiro atoms. The molecule has 3 N–H and O–H groups in total. The summed E-state index contributed by atoms with van der Waals surface area (Å²) in [5, 5.41) is 5.87. The van der Waals surface area contributed by atoms with Crippen molar-refractivity contribution in [3.05, 3.63) is 131 Å². The van der Waals surface area contributed by atoms with Gasteiger partial charge >= 0.3 is 6.09 Å². The van der Waals surface area contributed by atoms with Gasteiger partial charge in [0.15, 0.2) is 0 Å². The van der Waals surface area contributed by atoms with Crippen LogP contribution in [0.2, 0.25) is 0 Å². The van der Waals surface area contributed by atoms with E-state index in [2.05, 4.69) is 20.6 Å². The van der Waals surface area contributed by atoms with Crippen LogP contribution >= 0.6 is 0 Å². The van der Waals surface area contributed by atoms with Gasteiger partial charge in [-0.2, -0.15) is 0 Å². The third kappa shape index (κ3) is 6.78. The van der Waals surface area contributed by atoms with Gasteiger partial charge in [-0.25, -0.2) is 9.18 Å². The highest BCUT2D eigenvalue weighted by Crippen LogP contribution is 2.31. The molecule has 2 amide bonds. The number of aromatic amines is 1. The summed E-state index contributed by atoms with van der Waals surface area (Å²) >= 11 is 0. The summed E-state index contributed by atoms with van der Waals surface area (Å²) in [5.74, 6) is -1.78. The smallest absolute Gasteiger partial charge is 0.408 e. The van der Waals surface area contributed by atoms with Crippen molar-refractivity contribution in [1.29, 1.82) is 0 Å². The van der Waals surface area contributed by atoms with E-state index in [4.69, 9.17) is 4.74 Å². The maximum Gasteiger partial charge on any atom is 0.408 e. The molecule has 0 saturated carbocycles. The molecule has 1 atom stereocenters. The quantitative estimate of drug-likeness (QED) is 0.207. The van der Waals surface area contributed by atoms with Crippen molar-refractivity contribution in [3.63, 3.8) is 0 Å². The number of amides is 2. The molecule has 0 fully saturated rings. The fraction of sp³-hybridized carbons (Fsp3) is 0.176. The second-order valence-electron chi connectivity index (χ2n) is 11.0. The SMILES string of the molecule is CC(C)(C)OC(=O)N[C@H](C(=O)Nc1ccc(-c2c[nH]c(=O)c3cccnc23)c(F)c1)C(c1ccccc1)c1ccccc1. The first-order valence-corrected chi connectivity index (χ1v) is 13.8. The summed E-state index contributed by atoms with van der Waals surface area (Å²) in [5.41, 5.74) is 1.62. The van der Waals surface area contributed by atoms with Crippen LogP contribution in [0.4, 0.5) is 14.9 Å². The van der Waals surface area contributed by atoms with Crippen molar-refractivity contribution in [3.8, 4) is 11.1 Å². The van der Waals surface area contributed by atoms with Crippen molar-refractivity contribution in [2.75, 3.05) is 5.32 Å². The van der Waals surface area contributed by atoms with E-state index in [0.717, 1.165) is 11.1 Å². The van der Waals surface area contributed by atoms with Gasteiger partial charge in [0.2, 0.25) is 5.91 Å². The van der Waals surface area contributed by atoms with Crippen molar-refractivity contribution in [1.82, 2.24) is 15.3 Å². The summed E-state index contributed by atoms with van der Waals surface area (Å²) < 4.78 is 21.0. The zero-order valence-electron chi connectivity index (χ0n) is 23.9. The Bertz CT molecular complexity index is 1780. The molecule has 3 aromatic carbocycles. The van der Waals surface area contributed by atoms with Crippen LogP contribution in [0.3, 0.4) is 0 Å². The molecule has 0 bridgehead atoms. The molecule has 0 aliphatic heterocycles. The highest BCUT2D eigenvalue weighted by molar-refractivity contribution is 5.98. The third-order valence-corrected chi connectivity index (χ3v) is 6.79. The number of H-pyrrole nitrogens is 1. The van der Waals surface area contributed by atoms with E-state index in [1.54, 1.807) is 39.0 Å². The molecule has 0 aliphatic carbocycles. The first-order valence-electron chi connectivity index (χ1n) is 13.8. The van der Waals surface area contributed by atoms with Crippen molar-refractivity contribution >= 4 is 28.6 Å². The Labute approximate surface area is 248 Å². The Kier molecular flexibility index (Phi) is 8.34. The van der Waals surface area contributed by atoms with E-state index in [-0.39, 0.29) is 16.8 Å². The number of hydrogen-bond acceptors (Lipinski definition) is 5. The zero-order valence-corrected chi connectivity index (χ0v) is 23.9. The standard InChI is InChI=1S/C34H31FN4O4/c1-34(2,3)43-33(42)39-30(28(21-11-6-4-7-12-21)22-13-8-5-9-14-22)32(41)38-23-16-17-24(27(35)19-23)26-20-37-31(40)25-15-10-18-36-29(25)26/h4-20,28,30H,1-3H3,(H,37,40)(H,38,41)(H,39,42)/t30-/m0/s1. The van der Waals surface area contributed by atoms with E-state index in [1.165, 1.54) is 24.5 Å². The lowest BCUT2D eigenvalue weighted by Gasteiger charge is -2.29. The average Bonchev–Trinajstić information content (AvgIpc) is 2.98. The number of carbonyl (C=O) groups is 2. The van der Waals surface area contributed by atoms with Gasteiger partial charge in [-0.15, -0.1) is 0 Å². The molecule has 0 radical (unpaired) electrons. The van der Waals surface area contributed by atoms with E-state index in [9.17, 15) is 14.4 Å². The van der Waals surface area contributed by atoms with Crippen LogP contribution in [0.1, 0.15) is 37.8 Å². The van der Waals surface area contributed by atoms with Crippen LogP contribution in [0.5, 0.6) is 0 Å². The number of halogens is 1. The second-order valence-corrected chi connectivity index (χ2v) is 11.0. The topological polar surface area (TPSA) is 113 Å². The number of nitrogens with zero attached hydrogens (tertiary/aromatic N) is 1. The van der Waals surface area contributed by atoms with Gasteiger partial charge in [-0.3, -0.25) is 14.6 Å².